The number of rotatable bonds is 4. The van der Waals surface area contributed by atoms with Crippen LogP contribution in [0.25, 0.3) is 0 Å². The van der Waals surface area contributed by atoms with E-state index < -0.39 is 0 Å². The van der Waals surface area contributed by atoms with Crippen LogP contribution in [0.2, 0.25) is 0 Å². The van der Waals surface area contributed by atoms with Crippen molar-refractivity contribution in [1.29, 1.82) is 0 Å². The third-order valence-corrected chi connectivity index (χ3v) is 2.23. The molecule has 0 spiro atoms. The highest BCUT2D eigenvalue weighted by atomic mass is 28.2. The maximum absolute atomic E-state index is 5.18. The van der Waals surface area contributed by atoms with Crippen molar-refractivity contribution in [2.75, 3.05) is 7.11 Å². The summed E-state index contributed by atoms with van der Waals surface area (Å²) in [6.07, 6.45) is 0. The zero-order valence-corrected chi connectivity index (χ0v) is 10.5. The van der Waals surface area contributed by atoms with Crippen molar-refractivity contribution < 1.29 is 14.2 Å². The van der Waals surface area contributed by atoms with E-state index in [1.165, 1.54) is 0 Å². The van der Waals surface area contributed by atoms with E-state index in [-0.39, 0.29) is 15.4 Å². The predicted octanol–water partition coefficient (Wildman–Crippen LogP) is 1.69. The summed E-state index contributed by atoms with van der Waals surface area (Å²) in [5.41, 5.74) is -0.272. The van der Waals surface area contributed by atoms with Crippen molar-refractivity contribution in [2.45, 2.75) is 26.4 Å². The first-order valence-electron chi connectivity index (χ1n) is 4.76. The fourth-order valence-electron chi connectivity index (χ4n) is 0.881. The fourth-order valence-corrected chi connectivity index (χ4v) is 1.63. The first kappa shape index (κ1) is 12.2. The van der Waals surface area contributed by atoms with Crippen molar-refractivity contribution in [3.8, 4) is 5.75 Å². The molecule has 1 aromatic rings. The van der Waals surface area contributed by atoms with Crippen molar-refractivity contribution in [2.24, 2.45) is 0 Å². The minimum Gasteiger partial charge on any atom is -0.497 e. The zero-order valence-electron chi connectivity index (χ0n) is 9.53. The molecule has 0 bridgehead atoms. The van der Waals surface area contributed by atoms with Crippen LogP contribution < -0.4 is 9.92 Å². The quantitative estimate of drug-likeness (QED) is 0.442. The molecular formula is C11H16O3Si. The van der Waals surface area contributed by atoms with Gasteiger partial charge in [0.05, 0.1) is 12.7 Å². The molecule has 15 heavy (non-hydrogen) atoms. The van der Waals surface area contributed by atoms with Crippen LogP contribution in [-0.2, 0) is 9.46 Å². The maximum atomic E-state index is 5.18. The van der Waals surface area contributed by atoms with Gasteiger partial charge >= 0.3 is 9.76 Å². The van der Waals surface area contributed by atoms with Gasteiger partial charge in [0.1, 0.15) is 5.75 Å². The smallest absolute Gasteiger partial charge is 0.322 e. The third-order valence-electron chi connectivity index (χ3n) is 1.52. The van der Waals surface area contributed by atoms with Crippen LogP contribution in [0.3, 0.4) is 0 Å². The van der Waals surface area contributed by atoms with Gasteiger partial charge in [0, 0.05) is 0 Å². The number of benzene rings is 1. The Labute approximate surface area is 93.2 Å². The minimum atomic E-state index is -0.272. The normalized spacial score (nSPS) is 11.5. The highest BCUT2D eigenvalue weighted by molar-refractivity contribution is 6.46. The molecule has 0 atom stereocenters. The highest BCUT2D eigenvalue weighted by Gasteiger charge is 2.11. The first-order chi connectivity index (χ1) is 7.01. The van der Waals surface area contributed by atoms with Crippen molar-refractivity contribution in [3.63, 3.8) is 0 Å². The van der Waals surface area contributed by atoms with Gasteiger partial charge in [0.15, 0.2) is 0 Å². The molecule has 0 saturated heterocycles. The molecule has 0 saturated carbocycles. The molecule has 0 aliphatic rings. The molecule has 0 aromatic heterocycles. The Hall–Kier alpha value is -0.843. The Balaban J connectivity index is 2.44. The van der Waals surface area contributed by atoms with Gasteiger partial charge in [-0.25, -0.2) is 4.89 Å². The average Bonchev–Trinajstić information content (AvgIpc) is 2.16. The van der Waals surface area contributed by atoms with Crippen molar-refractivity contribution in [1.82, 2.24) is 0 Å². The van der Waals surface area contributed by atoms with Crippen LogP contribution >= 0.6 is 0 Å². The van der Waals surface area contributed by atoms with E-state index in [9.17, 15) is 0 Å². The Kier molecular flexibility index (Phi) is 4.32. The van der Waals surface area contributed by atoms with Crippen molar-refractivity contribution >= 4 is 14.9 Å². The van der Waals surface area contributed by atoms with Crippen LogP contribution in [0.1, 0.15) is 20.8 Å². The van der Waals surface area contributed by atoms with Gasteiger partial charge in [-0.1, -0.05) is 12.1 Å². The summed E-state index contributed by atoms with van der Waals surface area (Å²) >= 11 is 0. The molecule has 0 heterocycles. The van der Waals surface area contributed by atoms with Crippen LogP contribution in [0.15, 0.2) is 24.3 Å². The lowest BCUT2D eigenvalue weighted by molar-refractivity contribution is -0.275. The van der Waals surface area contributed by atoms with E-state index in [1.54, 1.807) is 7.11 Å². The summed E-state index contributed by atoms with van der Waals surface area (Å²) in [6, 6.07) is 7.75. The number of methoxy groups -OCH3 is 1. The van der Waals surface area contributed by atoms with Gasteiger partial charge in [-0.15, -0.1) is 0 Å². The Morgan fingerprint density at radius 3 is 2.53 bits per heavy atom. The van der Waals surface area contributed by atoms with E-state index in [0.29, 0.717) is 0 Å². The fraction of sp³-hybridized carbons (Fsp3) is 0.455. The standard InChI is InChI=1S/C11H16O3Si/c1-11(2,3)13-14-15-10-7-5-6-9(8-10)12-4/h5-8H,1-4H3. The number of hydrogen-bond donors (Lipinski definition) is 0. The van der Waals surface area contributed by atoms with Crippen molar-refractivity contribution in [3.05, 3.63) is 24.3 Å². The summed E-state index contributed by atoms with van der Waals surface area (Å²) in [4.78, 5) is 5.18. The molecular weight excluding hydrogens is 208 g/mol. The predicted molar refractivity (Wildman–Crippen MR) is 60.3 cm³/mol. The SMILES string of the molecule is COc1cccc([Si]OOC(C)(C)C)c1. The largest absolute Gasteiger partial charge is 0.497 e. The summed E-state index contributed by atoms with van der Waals surface area (Å²) in [7, 11) is 1.82. The second kappa shape index (κ2) is 5.30. The molecule has 0 fully saturated rings. The number of ether oxygens (including phenoxy) is 1. The van der Waals surface area contributed by atoms with Crippen LogP contribution in [0.5, 0.6) is 5.75 Å². The first-order valence-corrected chi connectivity index (χ1v) is 5.67. The summed E-state index contributed by atoms with van der Waals surface area (Å²) in [5, 5.41) is 1.05. The van der Waals surface area contributed by atoms with E-state index in [2.05, 4.69) is 0 Å². The minimum absolute atomic E-state index is 0.175. The van der Waals surface area contributed by atoms with Gasteiger partial charge in [0.2, 0.25) is 0 Å². The molecule has 3 nitrogen and oxygen atoms in total. The molecule has 2 radical (unpaired) electrons. The molecule has 0 aliphatic carbocycles. The zero-order chi connectivity index (χ0) is 11.3. The summed E-state index contributed by atoms with van der Waals surface area (Å²) in [5.74, 6) is 0.833. The van der Waals surface area contributed by atoms with Crippen LogP contribution in [0, 0.1) is 0 Å². The van der Waals surface area contributed by atoms with Gasteiger partial charge < -0.3 is 4.74 Å². The molecule has 0 unspecified atom stereocenters. The topological polar surface area (TPSA) is 27.7 Å². The lowest BCUT2D eigenvalue weighted by atomic mass is 10.2. The van der Waals surface area contributed by atoms with E-state index in [0.717, 1.165) is 10.9 Å². The van der Waals surface area contributed by atoms with Gasteiger partial charge in [-0.3, -0.25) is 4.58 Å². The second-order valence-electron chi connectivity index (χ2n) is 4.11. The lowest BCUT2D eigenvalue weighted by Crippen LogP contribution is -2.25. The summed E-state index contributed by atoms with van der Waals surface area (Å²) in [6.45, 7) is 5.84. The lowest BCUT2D eigenvalue weighted by Gasteiger charge is -2.17. The summed E-state index contributed by atoms with van der Waals surface area (Å²) < 4.78 is 10.3. The molecule has 1 aromatic carbocycles. The molecule has 0 aliphatic heterocycles. The third kappa shape index (κ3) is 4.97. The average molecular weight is 224 g/mol. The molecule has 0 amide bonds. The van der Waals surface area contributed by atoms with Gasteiger partial charge in [-0.2, -0.15) is 0 Å². The maximum Gasteiger partial charge on any atom is 0.322 e. The van der Waals surface area contributed by atoms with Gasteiger partial charge in [-0.05, 0) is 38.1 Å². The number of hydrogen-bond acceptors (Lipinski definition) is 3. The van der Waals surface area contributed by atoms with Crippen LogP contribution in [-0.4, -0.2) is 22.5 Å². The Morgan fingerprint density at radius 1 is 1.20 bits per heavy atom. The van der Waals surface area contributed by atoms with E-state index in [4.69, 9.17) is 14.2 Å². The van der Waals surface area contributed by atoms with Crippen LogP contribution in [0.4, 0.5) is 0 Å². The monoisotopic (exact) mass is 224 g/mol. The molecule has 82 valence electrons. The highest BCUT2D eigenvalue weighted by Crippen LogP contribution is 2.07. The molecule has 0 N–H and O–H groups in total. The Bertz CT molecular complexity index is 307. The van der Waals surface area contributed by atoms with E-state index >= 15 is 0 Å². The molecule has 4 heteroatoms. The molecule has 1 rings (SSSR count). The van der Waals surface area contributed by atoms with Gasteiger partial charge in [0.25, 0.3) is 0 Å². The second-order valence-corrected chi connectivity index (χ2v) is 5.06. The Morgan fingerprint density at radius 2 is 1.93 bits per heavy atom. The van der Waals surface area contributed by atoms with E-state index in [1.807, 2.05) is 45.0 Å².